The average molecular weight is 251 g/mol. The summed E-state index contributed by atoms with van der Waals surface area (Å²) in [5.41, 5.74) is 0.186. The molecule has 2 rings (SSSR count). The van der Waals surface area contributed by atoms with Crippen LogP contribution in [-0.2, 0) is 0 Å². The van der Waals surface area contributed by atoms with Gasteiger partial charge in [-0.3, -0.25) is 4.79 Å². The lowest BCUT2D eigenvalue weighted by atomic mass is 10.1. The number of carbonyl (C=O) groups excluding carboxylic acids is 1. The van der Waals surface area contributed by atoms with Gasteiger partial charge in [-0.15, -0.1) is 0 Å². The van der Waals surface area contributed by atoms with Gasteiger partial charge in [-0.2, -0.15) is 0 Å². The van der Waals surface area contributed by atoms with Crippen LogP contribution in [0, 0.1) is 5.82 Å². The number of nitrogens with one attached hydrogen (secondary N) is 1. The van der Waals surface area contributed by atoms with Crippen LogP contribution >= 0.6 is 0 Å². The summed E-state index contributed by atoms with van der Waals surface area (Å²) in [6.45, 7) is 7.67. The monoisotopic (exact) mass is 251 g/mol. The molecule has 1 aromatic carbocycles. The number of amides is 1. The van der Waals surface area contributed by atoms with E-state index in [2.05, 4.69) is 13.8 Å². The summed E-state index contributed by atoms with van der Waals surface area (Å²) in [5.74, 6) is -0.614. The second-order valence-electron chi connectivity index (χ2n) is 5.08. The van der Waals surface area contributed by atoms with E-state index >= 15 is 0 Å². The van der Waals surface area contributed by atoms with Crippen molar-refractivity contribution >= 4 is 5.91 Å². The molecule has 3 nitrogen and oxygen atoms in total. The van der Waals surface area contributed by atoms with Crippen molar-refractivity contribution in [2.75, 3.05) is 26.2 Å². The van der Waals surface area contributed by atoms with Gasteiger partial charge in [-0.25, -0.2) is 4.39 Å². The lowest BCUT2D eigenvalue weighted by Gasteiger charge is -2.34. The zero-order valence-electron chi connectivity index (χ0n) is 10.9. The molecule has 0 aliphatic carbocycles. The summed E-state index contributed by atoms with van der Waals surface area (Å²) < 4.78 is 13.5. The van der Waals surface area contributed by atoms with Gasteiger partial charge >= 0.3 is 0 Å². The Kier molecular flexibility index (Phi) is 3.97. The summed E-state index contributed by atoms with van der Waals surface area (Å²) in [6, 6.07) is 6.77. The van der Waals surface area contributed by atoms with Crippen LogP contribution in [0.5, 0.6) is 0 Å². The molecule has 1 heterocycles. The van der Waals surface area contributed by atoms with Gasteiger partial charge in [0.2, 0.25) is 0 Å². The largest absolute Gasteiger partial charge is 0.330 e. The van der Waals surface area contributed by atoms with E-state index in [9.17, 15) is 9.18 Å². The van der Waals surface area contributed by atoms with Crippen molar-refractivity contribution in [3.05, 3.63) is 35.6 Å². The molecule has 1 aliphatic heterocycles. The molecule has 4 heteroatoms. The summed E-state index contributed by atoms with van der Waals surface area (Å²) >= 11 is 0. The molecule has 1 N–H and O–H groups in total. The van der Waals surface area contributed by atoms with E-state index in [-0.39, 0.29) is 11.5 Å². The summed E-state index contributed by atoms with van der Waals surface area (Å²) in [6.07, 6.45) is 0. The Morgan fingerprint density at radius 3 is 2.44 bits per heavy atom. The maximum atomic E-state index is 13.5. The highest BCUT2D eigenvalue weighted by atomic mass is 19.1. The van der Waals surface area contributed by atoms with Gasteiger partial charge in [0.1, 0.15) is 5.82 Å². The van der Waals surface area contributed by atoms with Crippen LogP contribution in [0.3, 0.4) is 0 Å². The molecule has 0 saturated carbocycles. The molecule has 0 atom stereocenters. The third kappa shape index (κ3) is 2.70. The Morgan fingerprint density at radius 2 is 1.89 bits per heavy atom. The number of hydrogen-bond acceptors (Lipinski definition) is 1. The van der Waals surface area contributed by atoms with Crippen molar-refractivity contribution < 1.29 is 14.1 Å². The maximum Gasteiger partial charge on any atom is 0.257 e. The Hall–Kier alpha value is -1.42. The van der Waals surface area contributed by atoms with E-state index in [0.717, 1.165) is 13.1 Å². The molecular formula is C14H20FN2O+. The first-order valence-corrected chi connectivity index (χ1v) is 6.48. The molecule has 1 saturated heterocycles. The van der Waals surface area contributed by atoms with Crippen molar-refractivity contribution in [3.63, 3.8) is 0 Å². The highest BCUT2D eigenvalue weighted by Crippen LogP contribution is 2.10. The van der Waals surface area contributed by atoms with Crippen LogP contribution in [0.25, 0.3) is 0 Å². The summed E-state index contributed by atoms with van der Waals surface area (Å²) in [5, 5.41) is 0. The minimum atomic E-state index is -0.430. The van der Waals surface area contributed by atoms with E-state index < -0.39 is 5.82 Å². The maximum absolute atomic E-state index is 13.5. The lowest BCUT2D eigenvalue weighted by molar-refractivity contribution is -0.925. The molecule has 1 fully saturated rings. The third-order valence-electron chi connectivity index (χ3n) is 3.61. The molecule has 1 aliphatic rings. The number of piperazine rings is 1. The molecule has 98 valence electrons. The zero-order valence-corrected chi connectivity index (χ0v) is 10.9. The number of halogens is 1. The smallest absolute Gasteiger partial charge is 0.257 e. The topological polar surface area (TPSA) is 24.8 Å². The van der Waals surface area contributed by atoms with Gasteiger partial charge in [0.25, 0.3) is 5.91 Å². The van der Waals surface area contributed by atoms with E-state index in [0.29, 0.717) is 19.1 Å². The lowest BCUT2D eigenvalue weighted by Crippen LogP contribution is -3.17. The van der Waals surface area contributed by atoms with Crippen molar-refractivity contribution in [1.82, 2.24) is 4.90 Å². The van der Waals surface area contributed by atoms with Crippen molar-refractivity contribution in [3.8, 4) is 0 Å². The molecule has 18 heavy (non-hydrogen) atoms. The number of quaternary nitrogens is 1. The summed E-state index contributed by atoms with van der Waals surface area (Å²) in [7, 11) is 0. The van der Waals surface area contributed by atoms with Crippen LogP contribution in [0.15, 0.2) is 24.3 Å². The van der Waals surface area contributed by atoms with E-state index in [4.69, 9.17) is 0 Å². The second-order valence-corrected chi connectivity index (χ2v) is 5.08. The fourth-order valence-corrected chi connectivity index (χ4v) is 2.38. The fraction of sp³-hybridized carbons (Fsp3) is 0.500. The average Bonchev–Trinajstić information content (AvgIpc) is 2.38. The van der Waals surface area contributed by atoms with Gasteiger partial charge in [-0.1, -0.05) is 12.1 Å². The van der Waals surface area contributed by atoms with Crippen molar-refractivity contribution in [2.45, 2.75) is 19.9 Å². The Bertz CT molecular complexity index is 426. The van der Waals surface area contributed by atoms with E-state index in [1.54, 1.807) is 23.1 Å². The normalized spacial score (nSPS) is 17.2. The summed E-state index contributed by atoms with van der Waals surface area (Å²) in [4.78, 5) is 15.4. The first-order valence-electron chi connectivity index (χ1n) is 6.48. The Labute approximate surface area is 107 Å². The van der Waals surface area contributed by atoms with E-state index in [1.165, 1.54) is 11.0 Å². The Balaban J connectivity index is 2.02. The molecule has 0 bridgehead atoms. The predicted molar refractivity (Wildman–Crippen MR) is 68.1 cm³/mol. The first-order chi connectivity index (χ1) is 8.59. The van der Waals surface area contributed by atoms with Crippen molar-refractivity contribution in [2.24, 2.45) is 0 Å². The first kappa shape index (κ1) is 13.0. The second kappa shape index (κ2) is 5.48. The van der Waals surface area contributed by atoms with Gasteiger partial charge in [0.15, 0.2) is 0 Å². The number of rotatable bonds is 2. The molecule has 0 unspecified atom stereocenters. The van der Waals surface area contributed by atoms with Gasteiger partial charge < -0.3 is 9.80 Å². The van der Waals surface area contributed by atoms with Gasteiger partial charge in [-0.05, 0) is 26.0 Å². The van der Waals surface area contributed by atoms with Crippen LogP contribution in [-0.4, -0.2) is 43.0 Å². The Morgan fingerprint density at radius 1 is 1.28 bits per heavy atom. The third-order valence-corrected chi connectivity index (χ3v) is 3.61. The highest BCUT2D eigenvalue weighted by Gasteiger charge is 2.26. The fourth-order valence-electron chi connectivity index (χ4n) is 2.38. The minimum absolute atomic E-state index is 0.184. The van der Waals surface area contributed by atoms with Crippen LogP contribution in [0.4, 0.5) is 4.39 Å². The number of hydrogen-bond donors (Lipinski definition) is 1. The molecule has 1 aromatic rings. The molecular weight excluding hydrogens is 231 g/mol. The quantitative estimate of drug-likeness (QED) is 0.817. The van der Waals surface area contributed by atoms with Gasteiger partial charge in [0, 0.05) is 0 Å². The standard InChI is InChI=1S/C14H19FN2O/c1-11(2)16-7-9-17(10-8-16)14(18)12-5-3-4-6-13(12)15/h3-6,11H,7-10H2,1-2H3/p+1. The zero-order chi connectivity index (χ0) is 13.1. The van der Waals surface area contributed by atoms with Crippen LogP contribution < -0.4 is 4.90 Å². The predicted octanol–water partition coefficient (Wildman–Crippen LogP) is 0.575. The molecule has 0 radical (unpaired) electrons. The number of nitrogens with zero attached hydrogens (tertiary/aromatic N) is 1. The van der Waals surface area contributed by atoms with Crippen LogP contribution in [0.2, 0.25) is 0 Å². The minimum Gasteiger partial charge on any atom is -0.330 e. The van der Waals surface area contributed by atoms with Gasteiger partial charge in [0.05, 0.1) is 37.8 Å². The van der Waals surface area contributed by atoms with E-state index in [1.807, 2.05) is 0 Å². The molecule has 0 aromatic heterocycles. The molecule has 0 spiro atoms. The highest BCUT2D eigenvalue weighted by molar-refractivity contribution is 5.94. The molecule has 1 amide bonds. The number of carbonyl (C=O) groups is 1. The number of benzene rings is 1. The van der Waals surface area contributed by atoms with Crippen molar-refractivity contribution in [1.29, 1.82) is 0 Å². The van der Waals surface area contributed by atoms with Crippen LogP contribution in [0.1, 0.15) is 24.2 Å². The SMILES string of the molecule is CC(C)[NH+]1CCN(C(=O)c2ccccc2F)CC1.